The number of nitrogens with one attached hydrogen (secondary N) is 1. The highest BCUT2D eigenvalue weighted by molar-refractivity contribution is 5.82. The van der Waals surface area contributed by atoms with Crippen LogP contribution in [0.4, 0.5) is 0 Å². The Morgan fingerprint density at radius 1 is 1.54 bits per heavy atom. The maximum absolute atomic E-state index is 11.5. The fourth-order valence-electron chi connectivity index (χ4n) is 1.32. The van der Waals surface area contributed by atoms with E-state index in [2.05, 4.69) is 26.1 Å². The van der Waals surface area contributed by atoms with Crippen molar-refractivity contribution in [2.45, 2.75) is 51.6 Å². The Hall–Kier alpha value is -0.570. The van der Waals surface area contributed by atoms with E-state index in [1.807, 2.05) is 0 Å². The standard InChI is InChI=1S/C10H20N2O/c1-7(2)6-8(11)9(13)12-10(3)4-5-10/h7-8H,4-6,11H2,1-3H3,(H,12,13)/t8-/m0/s1. The van der Waals surface area contributed by atoms with E-state index >= 15 is 0 Å². The van der Waals surface area contributed by atoms with Crippen molar-refractivity contribution in [3.8, 4) is 0 Å². The second kappa shape index (κ2) is 3.66. The van der Waals surface area contributed by atoms with Crippen molar-refractivity contribution in [3.05, 3.63) is 0 Å². The molecule has 1 amide bonds. The summed E-state index contributed by atoms with van der Waals surface area (Å²) in [6.07, 6.45) is 2.95. The summed E-state index contributed by atoms with van der Waals surface area (Å²) in [6.45, 7) is 6.21. The Bertz CT molecular complexity index is 197. The fraction of sp³-hybridized carbons (Fsp3) is 0.900. The van der Waals surface area contributed by atoms with Crippen molar-refractivity contribution in [3.63, 3.8) is 0 Å². The number of hydrogen-bond acceptors (Lipinski definition) is 2. The highest BCUT2D eigenvalue weighted by Crippen LogP contribution is 2.34. The molecule has 13 heavy (non-hydrogen) atoms. The first-order chi connectivity index (χ1) is 5.93. The third kappa shape index (κ3) is 3.35. The molecule has 1 atom stereocenters. The van der Waals surface area contributed by atoms with Gasteiger partial charge in [0.1, 0.15) is 0 Å². The predicted molar refractivity (Wildman–Crippen MR) is 53.2 cm³/mol. The first-order valence-electron chi connectivity index (χ1n) is 5.00. The monoisotopic (exact) mass is 184 g/mol. The first-order valence-corrected chi connectivity index (χ1v) is 5.00. The lowest BCUT2D eigenvalue weighted by Crippen LogP contribution is -2.46. The van der Waals surface area contributed by atoms with E-state index in [0.29, 0.717) is 5.92 Å². The van der Waals surface area contributed by atoms with Crippen molar-refractivity contribution >= 4 is 5.91 Å². The number of hydrogen-bond donors (Lipinski definition) is 2. The minimum absolute atomic E-state index is 0.00806. The zero-order valence-electron chi connectivity index (χ0n) is 8.76. The van der Waals surface area contributed by atoms with Gasteiger partial charge in [-0.05, 0) is 32.1 Å². The third-order valence-corrected chi connectivity index (χ3v) is 2.49. The highest BCUT2D eigenvalue weighted by Gasteiger charge is 2.39. The minimum Gasteiger partial charge on any atom is -0.350 e. The number of carbonyl (C=O) groups is 1. The average Bonchev–Trinajstić information content (AvgIpc) is 2.66. The second-order valence-corrected chi connectivity index (χ2v) is 4.79. The molecular weight excluding hydrogens is 164 g/mol. The molecule has 76 valence electrons. The normalized spacial score (nSPS) is 21.3. The average molecular weight is 184 g/mol. The summed E-state index contributed by atoms with van der Waals surface area (Å²) in [6, 6.07) is -0.336. The lowest BCUT2D eigenvalue weighted by molar-refractivity contribution is -0.123. The molecule has 1 rings (SSSR count). The van der Waals surface area contributed by atoms with Crippen molar-refractivity contribution in [1.82, 2.24) is 5.32 Å². The van der Waals surface area contributed by atoms with Gasteiger partial charge >= 0.3 is 0 Å². The van der Waals surface area contributed by atoms with E-state index in [1.54, 1.807) is 0 Å². The molecule has 1 aliphatic carbocycles. The lowest BCUT2D eigenvalue weighted by Gasteiger charge is -2.17. The van der Waals surface area contributed by atoms with Crippen LogP contribution < -0.4 is 11.1 Å². The van der Waals surface area contributed by atoms with E-state index in [9.17, 15) is 4.79 Å². The smallest absolute Gasteiger partial charge is 0.237 e. The zero-order valence-corrected chi connectivity index (χ0v) is 8.76. The minimum atomic E-state index is -0.336. The van der Waals surface area contributed by atoms with Gasteiger partial charge in [-0.3, -0.25) is 4.79 Å². The van der Waals surface area contributed by atoms with Crippen LogP contribution in [0.5, 0.6) is 0 Å². The molecule has 1 fully saturated rings. The Morgan fingerprint density at radius 2 is 2.08 bits per heavy atom. The summed E-state index contributed by atoms with van der Waals surface area (Å²) < 4.78 is 0. The Labute approximate surface area is 80.1 Å². The molecule has 0 saturated heterocycles. The summed E-state index contributed by atoms with van der Waals surface area (Å²) in [5, 5.41) is 2.97. The van der Waals surface area contributed by atoms with Crippen LogP contribution in [0.1, 0.15) is 40.0 Å². The summed E-state index contributed by atoms with van der Waals surface area (Å²) in [4.78, 5) is 11.5. The maximum Gasteiger partial charge on any atom is 0.237 e. The van der Waals surface area contributed by atoms with E-state index in [0.717, 1.165) is 19.3 Å². The number of amides is 1. The van der Waals surface area contributed by atoms with Gasteiger partial charge in [-0.15, -0.1) is 0 Å². The fourth-order valence-corrected chi connectivity index (χ4v) is 1.32. The highest BCUT2D eigenvalue weighted by atomic mass is 16.2. The van der Waals surface area contributed by atoms with E-state index in [4.69, 9.17) is 5.73 Å². The molecule has 0 unspecified atom stereocenters. The number of rotatable bonds is 4. The second-order valence-electron chi connectivity index (χ2n) is 4.79. The van der Waals surface area contributed by atoms with Crippen LogP contribution in [-0.4, -0.2) is 17.5 Å². The molecule has 0 aliphatic heterocycles. The molecule has 0 aromatic rings. The quantitative estimate of drug-likeness (QED) is 0.685. The SMILES string of the molecule is CC(C)C[C@H](N)C(=O)NC1(C)CC1. The van der Waals surface area contributed by atoms with Gasteiger partial charge in [-0.2, -0.15) is 0 Å². The summed E-state index contributed by atoms with van der Waals surface area (Å²) in [5.41, 5.74) is 5.80. The van der Waals surface area contributed by atoms with Gasteiger partial charge in [0.05, 0.1) is 6.04 Å². The molecule has 0 heterocycles. The number of carbonyl (C=O) groups excluding carboxylic acids is 1. The van der Waals surface area contributed by atoms with Gasteiger partial charge in [-0.25, -0.2) is 0 Å². The predicted octanol–water partition coefficient (Wildman–Crippen LogP) is 1.03. The Balaban J connectivity index is 2.30. The van der Waals surface area contributed by atoms with E-state index in [1.165, 1.54) is 0 Å². The van der Waals surface area contributed by atoms with Crippen LogP contribution in [-0.2, 0) is 4.79 Å². The zero-order chi connectivity index (χ0) is 10.1. The van der Waals surface area contributed by atoms with Gasteiger partial charge < -0.3 is 11.1 Å². The van der Waals surface area contributed by atoms with Gasteiger partial charge in [0, 0.05) is 5.54 Å². The lowest BCUT2D eigenvalue weighted by atomic mass is 10.0. The topological polar surface area (TPSA) is 55.1 Å². The molecule has 0 aromatic heterocycles. The maximum atomic E-state index is 11.5. The molecular formula is C10H20N2O. The molecule has 3 N–H and O–H groups in total. The van der Waals surface area contributed by atoms with Gasteiger partial charge in [0.25, 0.3) is 0 Å². The van der Waals surface area contributed by atoms with Crippen molar-refractivity contribution in [1.29, 1.82) is 0 Å². The van der Waals surface area contributed by atoms with Crippen molar-refractivity contribution < 1.29 is 4.79 Å². The van der Waals surface area contributed by atoms with Crippen LogP contribution in [0.25, 0.3) is 0 Å². The van der Waals surface area contributed by atoms with Gasteiger partial charge in [0.2, 0.25) is 5.91 Å². The summed E-state index contributed by atoms with van der Waals surface area (Å²) in [5.74, 6) is 0.487. The van der Waals surface area contributed by atoms with Crippen LogP contribution >= 0.6 is 0 Å². The van der Waals surface area contributed by atoms with E-state index < -0.39 is 0 Å². The van der Waals surface area contributed by atoms with E-state index in [-0.39, 0.29) is 17.5 Å². The molecule has 0 spiro atoms. The molecule has 3 nitrogen and oxygen atoms in total. The molecule has 0 aromatic carbocycles. The Kier molecular flexibility index (Phi) is 2.96. The van der Waals surface area contributed by atoms with Crippen LogP contribution in [0.15, 0.2) is 0 Å². The van der Waals surface area contributed by atoms with Crippen molar-refractivity contribution in [2.24, 2.45) is 11.7 Å². The van der Waals surface area contributed by atoms with Gasteiger partial charge in [0.15, 0.2) is 0 Å². The molecule has 0 bridgehead atoms. The molecule has 3 heteroatoms. The largest absolute Gasteiger partial charge is 0.350 e. The van der Waals surface area contributed by atoms with Crippen LogP contribution in [0, 0.1) is 5.92 Å². The summed E-state index contributed by atoms with van der Waals surface area (Å²) in [7, 11) is 0. The number of nitrogens with two attached hydrogens (primary N) is 1. The van der Waals surface area contributed by atoms with Crippen molar-refractivity contribution in [2.75, 3.05) is 0 Å². The van der Waals surface area contributed by atoms with Crippen LogP contribution in [0.2, 0.25) is 0 Å². The third-order valence-electron chi connectivity index (χ3n) is 2.49. The molecule has 1 saturated carbocycles. The summed E-state index contributed by atoms with van der Waals surface area (Å²) >= 11 is 0. The van der Waals surface area contributed by atoms with Crippen LogP contribution in [0.3, 0.4) is 0 Å². The Morgan fingerprint density at radius 3 is 2.46 bits per heavy atom. The molecule has 0 radical (unpaired) electrons. The first kappa shape index (κ1) is 10.5. The van der Waals surface area contributed by atoms with Gasteiger partial charge in [-0.1, -0.05) is 13.8 Å². The molecule has 1 aliphatic rings.